The molecule has 1 fully saturated rings. The molecule has 0 spiro atoms. The Bertz CT molecular complexity index is 572. The zero-order valence-corrected chi connectivity index (χ0v) is 12.4. The van der Waals surface area contributed by atoms with E-state index in [0.29, 0.717) is 13.0 Å². The number of benzene rings is 1. The van der Waals surface area contributed by atoms with Crippen LogP contribution in [0, 0.1) is 0 Å². The molecule has 4 nitrogen and oxygen atoms in total. The first-order valence-corrected chi connectivity index (χ1v) is 7.87. The van der Waals surface area contributed by atoms with Gasteiger partial charge in [-0.05, 0) is 25.0 Å². The van der Waals surface area contributed by atoms with Gasteiger partial charge >= 0.3 is 0 Å². The van der Waals surface area contributed by atoms with E-state index in [0.717, 1.165) is 34.8 Å². The first-order valence-electron chi connectivity index (χ1n) is 7.05. The molecular formula is C15H18N2O2S. The van der Waals surface area contributed by atoms with Crippen molar-refractivity contribution in [1.29, 1.82) is 0 Å². The number of nitrogens with zero attached hydrogens (tertiary/aromatic N) is 2. The maximum absolute atomic E-state index is 12.2. The molecule has 5 heteroatoms. The minimum atomic E-state index is 0.111. The van der Waals surface area contributed by atoms with E-state index >= 15 is 0 Å². The monoisotopic (exact) mass is 290 g/mol. The van der Waals surface area contributed by atoms with E-state index in [1.54, 1.807) is 16.2 Å². The van der Waals surface area contributed by atoms with Crippen LogP contribution in [0.4, 0.5) is 5.13 Å². The standard InChI is InChI=1S/C15H18N2O2S/c1-2-14(18)17(10-11-6-5-9-19-11)15-16-12-7-3-4-8-13(12)20-15/h3-4,7-8,11H,2,5-6,9-10H2,1H3/t11-/m1/s1. The Morgan fingerprint density at radius 2 is 2.35 bits per heavy atom. The van der Waals surface area contributed by atoms with E-state index in [1.807, 2.05) is 31.2 Å². The van der Waals surface area contributed by atoms with Crippen LogP contribution in [-0.2, 0) is 9.53 Å². The summed E-state index contributed by atoms with van der Waals surface area (Å²) in [7, 11) is 0. The van der Waals surface area contributed by atoms with Crippen LogP contribution in [0.25, 0.3) is 10.2 Å². The lowest BCUT2D eigenvalue weighted by Gasteiger charge is -2.22. The zero-order chi connectivity index (χ0) is 13.9. The second-order valence-corrected chi connectivity index (χ2v) is 5.97. The summed E-state index contributed by atoms with van der Waals surface area (Å²) in [6, 6.07) is 7.99. The zero-order valence-electron chi connectivity index (χ0n) is 11.5. The van der Waals surface area contributed by atoms with Crippen molar-refractivity contribution in [3.05, 3.63) is 24.3 Å². The average molecular weight is 290 g/mol. The Kier molecular flexibility index (Phi) is 3.98. The number of anilines is 1. The van der Waals surface area contributed by atoms with Crippen LogP contribution >= 0.6 is 11.3 Å². The number of hydrogen-bond donors (Lipinski definition) is 0. The summed E-state index contributed by atoms with van der Waals surface area (Å²) in [5, 5.41) is 0.786. The van der Waals surface area contributed by atoms with Crippen molar-refractivity contribution in [2.75, 3.05) is 18.1 Å². The summed E-state index contributed by atoms with van der Waals surface area (Å²) in [6.45, 7) is 3.31. The minimum absolute atomic E-state index is 0.111. The van der Waals surface area contributed by atoms with Crippen LogP contribution in [0.3, 0.4) is 0 Å². The topological polar surface area (TPSA) is 42.4 Å². The Balaban J connectivity index is 1.88. The molecule has 0 saturated carbocycles. The van der Waals surface area contributed by atoms with Gasteiger partial charge in [-0.25, -0.2) is 4.98 Å². The van der Waals surface area contributed by atoms with Gasteiger partial charge in [0.25, 0.3) is 0 Å². The highest BCUT2D eigenvalue weighted by molar-refractivity contribution is 7.22. The summed E-state index contributed by atoms with van der Waals surface area (Å²) in [5.74, 6) is 0.111. The second-order valence-electron chi connectivity index (χ2n) is 4.96. The molecule has 0 N–H and O–H groups in total. The Morgan fingerprint density at radius 1 is 1.50 bits per heavy atom. The van der Waals surface area contributed by atoms with E-state index in [1.165, 1.54) is 0 Å². The van der Waals surface area contributed by atoms with E-state index < -0.39 is 0 Å². The van der Waals surface area contributed by atoms with Gasteiger partial charge in [-0.2, -0.15) is 0 Å². The van der Waals surface area contributed by atoms with Crippen molar-refractivity contribution in [1.82, 2.24) is 4.98 Å². The van der Waals surface area contributed by atoms with Crippen molar-refractivity contribution >= 4 is 32.6 Å². The third-order valence-corrected chi connectivity index (χ3v) is 4.59. The molecule has 1 aromatic heterocycles. The molecule has 0 aliphatic carbocycles. The largest absolute Gasteiger partial charge is 0.376 e. The average Bonchev–Trinajstić information content (AvgIpc) is 3.12. The fourth-order valence-corrected chi connectivity index (χ4v) is 3.44. The lowest BCUT2D eigenvalue weighted by Crippen LogP contribution is -2.37. The number of ether oxygens (including phenoxy) is 1. The lowest BCUT2D eigenvalue weighted by atomic mass is 10.2. The molecule has 0 bridgehead atoms. The van der Waals surface area contributed by atoms with Gasteiger partial charge in [0.1, 0.15) is 0 Å². The van der Waals surface area contributed by atoms with Crippen LogP contribution in [0.1, 0.15) is 26.2 Å². The number of thiazole rings is 1. The third kappa shape index (κ3) is 2.69. The van der Waals surface area contributed by atoms with Gasteiger partial charge in [-0.1, -0.05) is 30.4 Å². The number of para-hydroxylation sites is 1. The smallest absolute Gasteiger partial charge is 0.228 e. The van der Waals surface area contributed by atoms with Gasteiger partial charge in [-0.15, -0.1) is 0 Å². The highest BCUT2D eigenvalue weighted by atomic mass is 32.1. The number of carbonyl (C=O) groups excluding carboxylic acids is 1. The molecule has 1 amide bonds. The van der Waals surface area contributed by atoms with E-state index in [-0.39, 0.29) is 12.0 Å². The van der Waals surface area contributed by atoms with E-state index in [4.69, 9.17) is 4.74 Å². The lowest BCUT2D eigenvalue weighted by molar-refractivity contribution is -0.118. The number of carbonyl (C=O) groups is 1. The van der Waals surface area contributed by atoms with Gasteiger partial charge in [-0.3, -0.25) is 9.69 Å². The normalized spacial score (nSPS) is 18.6. The van der Waals surface area contributed by atoms with E-state index in [9.17, 15) is 4.79 Å². The van der Waals surface area contributed by atoms with Gasteiger partial charge < -0.3 is 4.74 Å². The molecule has 1 aliphatic heterocycles. The number of hydrogen-bond acceptors (Lipinski definition) is 4. The molecule has 106 valence electrons. The fraction of sp³-hybridized carbons (Fsp3) is 0.467. The second kappa shape index (κ2) is 5.89. The quantitative estimate of drug-likeness (QED) is 0.868. The summed E-state index contributed by atoms with van der Waals surface area (Å²) in [4.78, 5) is 18.6. The third-order valence-electron chi connectivity index (χ3n) is 3.53. The molecule has 1 saturated heterocycles. The SMILES string of the molecule is CCC(=O)N(C[C@H]1CCCO1)c1nc2ccccc2s1. The Labute approximate surface area is 122 Å². The molecule has 0 unspecified atom stereocenters. The summed E-state index contributed by atoms with van der Waals surface area (Å²) < 4.78 is 6.77. The van der Waals surface area contributed by atoms with Gasteiger partial charge in [0.05, 0.1) is 22.9 Å². The minimum Gasteiger partial charge on any atom is -0.376 e. The van der Waals surface area contributed by atoms with Crippen LogP contribution < -0.4 is 4.90 Å². The van der Waals surface area contributed by atoms with Crippen LogP contribution in [-0.4, -0.2) is 30.1 Å². The number of fused-ring (bicyclic) bond motifs is 1. The molecule has 0 radical (unpaired) electrons. The summed E-state index contributed by atoms with van der Waals surface area (Å²) in [6.07, 6.45) is 2.75. The van der Waals surface area contributed by atoms with Gasteiger partial charge in [0.2, 0.25) is 5.91 Å². The van der Waals surface area contributed by atoms with Gasteiger partial charge in [0.15, 0.2) is 5.13 Å². The van der Waals surface area contributed by atoms with Crippen molar-refractivity contribution < 1.29 is 9.53 Å². The molecule has 20 heavy (non-hydrogen) atoms. The fourth-order valence-electron chi connectivity index (χ4n) is 2.44. The Morgan fingerprint density at radius 3 is 3.05 bits per heavy atom. The molecule has 3 rings (SSSR count). The van der Waals surface area contributed by atoms with Gasteiger partial charge in [0, 0.05) is 13.0 Å². The number of rotatable bonds is 4. The molecular weight excluding hydrogens is 272 g/mol. The van der Waals surface area contributed by atoms with Crippen molar-refractivity contribution in [3.8, 4) is 0 Å². The maximum Gasteiger partial charge on any atom is 0.228 e. The van der Waals surface area contributed by atoms with Crippen molar-refractivity contribution in [3.63, 3.8) is 0 Å². The molecule has 1 aromatic carbocycles. The molecule has 1 atom stereocenters. The predicted octanol–water partition coefficient (Wildman–Crippen LogP) is 3.22. The summed E-state index contributed by atoms with van der Waals surface area (Å²) in [5.41, 5.74) is 0.953. The van der Waals surface area contributed by atoms with Crippen LogP contribution in [0.2, 0.25) is 0 Å². The number of aromatic nitrogens is 1. The predicted molar refractivity (Wildman–Crippen MR) is 81.2 cm³/mol. The van der Waals surface area contributed by atoms with Crippen molar-refractivity contribution in [2.24, 2.45) is 0 Å². The van der Waals surface area contributed by atoms with Crippen LogP contribution in [0.5, 0.6) is 0 Å². The first-order chi connectivity index (χ1) is 9.78. The van der Waals surface area contributed by atoms with E-state index in [2.05, 4.69) is 4.98 Å². The maximum atomic E-state index is 12.2. The highest BCUT2D eigenvalue weighted by Gasteiger charge is 2.25. The van der Waals surface area contributed by atoms with Crippen molar-refractivity contribution in [2.45, 2.75) is 32.3 Å². The Hall–Kier alpha value is -1.46. The first kappa shape index (κ1) is 13.5. The molecule has 2 heterocycles. The summed E-state index contributed by atoms with van der Waals surface area (Å²) >= 11 is 1.57. The highest BCUT2D eigenvalue weighted by Crippen LogP contribution is 2.30. The molecule has 2 aromatic rings. The molecule has 1 aliphatic rings. The number of amides is 1. The van der Waals surface area contributed by atoms with Crippen LogP contribution in [0.15, 0.2) is 24.3 Å².